The number of nitro groups is 1. The molecule has 4 rings (SSSR count). The molecule has 2 aliphatic heterocycles. The molecule has 0 aliphatic carbocycles. The summed E-state index contributed by atoms with van der Waals surface area (Å²) in [7, 11) is 0. The SMILES string of the molecule is CCOc1cc(/C=N\Nc2nc(N3CCOCC3)nc(N3CCOCC3)n2)cc([N+](=O)[O-])c1O. The van der Waals surface area contributed by atoms with Gasteiger partial charge in [0, 0.05) is 37.8 Å². The third-order valence-electron chi connectivity index (χ3n) is 5.15. The number of aromatic nitrogens is 3. The number of morpholine rings is 2. The third kappa shape index (κ3) is 5.58. The molecule has 2 aliphatic rings. The number of nitro benzene ring substituents is 1. The topological polar surface area (TPSA) is 161 Å². The first-order valence-electron chi connectivity index (χ1n) is 10.9. The van der Waals surface area contributed by atoms with E-state index >= 15 is 0 Å². The quantitative estimate of drug-likeness (QED) is 0.318. The maximum atomic E-state index is 11.3. The van der Waals surface area contributed by atoms with Crippen molar-refractivity contribution in [2.45, 2.75) is 6.92 Å². The van der Waals surface area contributed by atoms with Crippen LogP contribution in [0.3, 0.4) is 0 Å². The number of hydrogen-bond donors (Lipinski definition) is 2. The van der Waals surface area contributed by atoms with Crippen molar-refractivity contribution >= 4 is 29.7 Å². The van der Waals surface area contributed by atoms with E-state index in [1.807, 2.05) is 9.80 Å². The summed E-state index contributed by atoms with van der Waals surface area (Å²) in [4.78, 5) is 28.2. The summed E-state index contributed by atoms with van der Waals surface area (Å²) >= 11 is 0. The molecule has 34 heavy (non-hydrogen) atoms. The number of anilines is 3. The zero-order valence-electron chi connectivity index (χ0n) is 18.7. The Morgan fingerprint density at radius 1 is 1.12 bits per heavy atom. The lowest BCUT2D eigenvalue weighted by Gasteiger charge is -2.30. The monoisotopic (exact) mass is 474 g/mol. The van der Waals surface area contributed by atoms with Gasteiger partial charge < -0.3 is 29.1 Å². The zero-order valence-corrected chi connectivity index (χ0v) is 18.7. The maximum absolute atomic E-state index is 11.3. The first-order chi connectivity index (χ1) is 16.5. The van der Waals surface area contributed by atoms with Crippen molar-refractivity contribution in [2.24, 2.45) is 5.10 Å². The van der Waals surface area contributed by atoms with E-state index < -0.39 is 16.4 Å². The minimum Gasteiger partial charge on any atom is -0.500 e. The van der Waals surface area contributed by atoms with Crippen LogP contribution in [0.25, 0.3) is 0 Å². The van der Waals surface area contributed by atoms with Crippen molar-refractivity contribution in [3.63, 3.8) is 0 Å². The van der Waals surface area contributed by atoms with Gasteiger partial charge in [-0.1, -0.05) is 0 Å². The molecule has 3 heterocycles. The lowest BCUT2D eigenvalue weighted by atomic mass is 10.2. The van der Waals surface area contributed by atoms with Crippen molar-refractivity contribution < 1.29 is 24.2 Å². The number of benzene rings is 1. The Balaban J connectivity index is 1.58. The summed E-state index contributed by atoms with van der Waals surface area (Å²) in [6, 6.07) is 2.66. The second-order valence-electron chi connectivity index (χ2n) is 7.40. The van der Waals surface area contributed by atoms with Crippen molar-refractivity contribution in [3.05, 3.63) is 27.8 Å². The van der Waals surface area contributed by atoms with Gasteiger partial charge in [0.15, 0.2) is 5.75 Å². The fraction of sp³-hybridized carbons (Fsp3) is 0.500. The van der Waals surface area contributed by atoms with Crippen LogP contribution < -0.4 is 20.0 Å². The van der Waals surface area contributed by atoms with E-state index in [0.717, 1.165) is 0 Å². The van der Waals surface area contributed by atoms with Crippen LogP contribution >= 0.6 is 0 Å². The number of hydrogen-bond acceptors (Lipinski definition) is 13. The minimum atomic E-state index is -0.683. The van der Waals surface area contributed by atoms with Crippen LogP contribution in [0.5, 0.6) is 11.5 Å². The Kier molecular flexibility index (Phi) is 7.49. The van der Waals surface area contributed by atoms with Gasteiger partial charge in [-0.3, -0.25) is 10.1 Å². The van der Waals surface area contributed by atoms with Crippen LogP contribution in [-0.4, -0.2) is 90.4 Å². The van der Waals surface area contributed by atoms with E-state index in [4.69, 9.17) is 14.2 Å². The van der Waals surface area contributed by atoms with Gasteiger partial charge in [0.2, 0.25) is 23.6 Å². The number of rotatable bonds is 8. The van der Waals surface area contributed by atoms with Crippen molar-refractivity contribution in [1.29, 1.82) is 0 Å². The highest BCUT2D eigenvalue weighted by atomic mass is 16.6. The van der Waals surface area contributed by atoms with Crippen molar-refractivity contribution in [2.75, 3.05) is 74.4 Å². The molecule has 0 bridgehead atoms. The molecule has 0 spiro atoms. The Labute approximate surface area is 195 Å². The molecule has 14 heteroatoms. The molecule has 1 aromatic heterocycles. The fourth-order valence-electron chi connectivity index (χ4n) is 3.47. The van der Waals surface area contributed by atoms with E-state index in [0.29, 0.717) is 70.1 Å². The van der Waals surface area contributed by atoms with Gasteiger partial charge in [0.25, 0.3) is 0 Å². The molecular weight excluding hydrogens is 448 g/mol. The highest BCUT2D eigenvalue weighted by Gasteiger charge is 2.21. The second-order valence-corrected chi connectivity index (χ2v) is 7.40. The normalized spacial score (nSPS) is 16.6. The molecule has 0 atom stereocenters. The molecule has 2 saturated heterocycles. The first-order valence-corrected chi connectivity index (χ1v) is 10.9. The van der Waals surface area contributed by atoms with Gasteiger partial charge in [0.05, 0.1) is 44.2 Å². The summed E-state index contributed by atoms with van der Waals surface area (Å²) in [6.45, 7) is 6.93. The van der Waals surface area contributed by atoms with Gasteiger partial charge in [0.1, 0.15) is 0 Å². The van der Waals surface area contributed by atoms with Crippen molar-refractivity contribution in [3.8, 4) is 11.5 Å². The van der Waals surface area contributed by atoms with Crippen LogP contribution in [0.4, 0.5) is 23.5 Å². The van der Waals surface area contributed by atoms with E-state index in [2.05, 4.69) is 25.5 Å². The molecular formula is C20H26N8O6. The van der Waals surface area contributed by atoms with Gasteiger partial charge in [-0.2, -0.15) is 20.1 Å². The first kappa shape index (κ1) is 23.4. The number of nitrogens with one attached hydrogen (secondary N) is 1. The zero-order chi connectivity index (χ0) is 23.9. The van der Waals surface area contributed by atoms with Gasteiger partial charge in [-0.25, -0.2) is 5.43 Å². The highest BCUT2D eigenvalue weighted by molar-refractivity contribution is 5.83. The van der Waals surface area contributed by atoms with E-state index in [1.54, 1.807) is 6.92 Å². The Hall–Kier alpha value is -3.78. The van der Waals surface area contributed by atoms with Crippen molar-refractivity contribution in [1.82, 2.24) is 15.0 Å². The summed E-state index contributed by atoms with van der Waals surface area (Å²) < 4.78 is 16.1. The molecule has 14 nitrogen and oxygen atoms in total. The van der Waals surface area contributed by atoms with Gasteiger partial charge in [-0.15, -0.1) is 0 Å². The lowest BCUT2D eigenvalue weighted by molar-refractivity contribution is -0.386. The van der Waals surface area contributed by atoms with E-state index in [-0.39, 0.29) is 18.3 Å². The molecule has 0 radical (unpaired) electrons. The molecule has 1 aromatic carbocycles. The van der Waals surface area contributed by atoms with Gasteiger partial charge in [-0.05, 0) is 13.0 Å². The second kappa shape index (κ2) is 10.9. The van der Waals surface area contributed by atoms with Crippen LogP contribution in [0.2, 0.25) is 0 Å². The summed E-state index contributed by atoms with van der Waals surface area (Å²) in [5.74, 6) is 0.725. The average molecular weight is 474 g/mol. The van der Waals surface area contributed by atoms with E-state index in [1.165, 1.54) is 18.3 Å². The van der Waals surface area contributed by atoms with Crippen LogP contribution in [0.15, 0.2) is 17.2 Å². The third-order valence-corrected chi connectivity index (χ3v) is 5.15. The predicted octanol–water partition coefficient (Wildman–Crippen LogP) is 1.00. The van der Waals surface area contributed by atoms with Crippen LogP contribution in [0, 0.1) is 10.1 Å². The maximum Gasteiger partial charge on any atom is 0.315 e. The largest absolute Gasteiger partial charge is 0.500 e. The number of nitrogens with zero attached hydrogens (tertiary/aromatic N) is 7. The van der Waals surface area contributed by atoms with E-state index in [9.17, 15) is 15.2 Å². The highest BCUT2D eigenvalue weighted by Crippen LogP contribution is 2.36. The Bertz CT molecular complexity index is 1000. The number of hydrazone groups is 1. The number of ether oxygens (including phenoxy) is 3. The Morgan fingerprint density at radius 2 is 1.71 bits per heavy atom. The smallest absolute Gasteiger partial charge is 0.315 e. The predicted molar refractivity (Wildman–Crippen MR) is 123 cm³/mol. The Morgan fingerprint density at radius 3 is 2.24 bits per heavy atom. The molecule has 2 fully saturated rings. The molecule has 0 saturated carbocycles. The summed E-state index contributed by atoms with van der Waals surface area (Å²) in [5, 5.41) is 25.5. The van der Waals surface area contributed by atoms with Crippen LogP contribution in [-0.2, 0) is 9.47 Å². The van der Waals surface area contributed by atoms with Crippen LogP contribution in [0.1, 0.15) is 12.5 Å². The molecule has 2 N–H and O–H groups in total. The molecule has 0 amide bonds. The molecule has 182 valence electrons. The number of aromatic hydroxyl groups is 1. The summed E-state index contributed by atoms with van der Waals surface area (Å²) in [5.41, 5.74) is 2.67. The standard InChI is InChI=1S/C20H26N8O6/c1-2-34-16-12-14(11-15(17(16)29)28(30)31)13-21-25-18-22-19(26-3-7-32-8-4-26)24-20(23-18)27-5-9-33-10-6-27/h11-13,29H,2-10H2,1H3,(H,22,23,24,25)/b21-13-. The fourth-order valence-corrected chi connectivity index (χ4v) is 3.47. The number of phenols is 1. The molecule has 2 aromatic rings. The number of phenolic OH excluding ortho intramolecular Hbond substituents is 1. The summed E-state index contributed by atoms with van der Waals surface area (Å²) in [6.07, 6.45) is 1.36. The lowest BCUT2D eigenvalue weighted by Crippen LogP contribution is -2.40. The minimum absolute atomic E-state index is 0.00233. The average Bonchev–Trinajstić information content (AvgIpc) is 2.86. The molecule has 0 unspecified atom stereocenters. The van der Waals surface area contributed by atoms with Gasteiger partial charge >= 0.3 is 5.69 Å².